The molecule has 1 aromatic heterocycles. The van der Waals surface area contributed by atoms with Crippen LogP contribution in [0.15, 0.2) is 52.7 Å². The summed E-state index contributed by atoms with van der Waals surface area (Å²) in [4.78, 5) is 39.3. The van der Waals surface area contributed by atoms with Gasteiger partial charge in [-0.3, -0.25) is 9.59 Å². The molecule has 0 atom stereocenters. The van der Waals surface area contributed by atoms with Crippen LogP contribution in [-0.2, 0) is 21.2 Å². The molecule has 9 nitrogen and oxygen atoms in total. The van der Waals surface area contributed by atoms with Gasteiger partial charge in [0.05, 0.1) is 17.1 Å². The average molecular weight is 579 g/mol. The fraction of sp³-hybridized carbons (Fsp3) is 0.208. The Bertz CT molecular complexity index is 1500. The first-order valence-electron chi connectivity index (χ1n) is 11.2. The van der Waals surface area contributed by atoms with Crippen molar-refractivity contribution in [3.63, 3.8) is 0 Å². The summed E-state index contributed by atoms with van der Waals surface area (Å²) in [6.45, 7) is 0.883. The van der Waals surface area contributed by atoms with E-state index in [2.05, 4.69) is 10.6 Å². The Morgan fingerprint density at radius 1 is 1.03 bits per heavy atom. The van der Waals surface area contributed by atoms with E-state index in [4.69, 9.17) is 23.2 Å². The van der Waals surface area contributed by atoms with Crippen molar-refractivity contribution in [2.45, 2.75) is 23.5 Å². The number of nitrogens with one attached hydrogen (secondary N) is 3. The normalized spacial score (nSPS) is 15.4. The molecule has 3 N–H and O–H groups in total. The number of fused-ring (bicyclic) bond motifs is 1. The fourth-order valence-electron chi connectivity index (χ4n) is 3.86. The second-order valence-electron chi connectivity index (χ2n) is 8.70. The molecule has 2 aromatic carbocycles. The highest BCUT2D eigenvalue weighted by molar-refractivity contribution is 7.92. The second-order valence-corrected chi connectivity index (χ2v) is 12.7. The molecule has 13 heteroatoms. The molecule has 3 aromatic rings. The number of nitrogens with zero attached hydrogens (tertiary/aromatic N) is 1. The third kappa shape index (κ3) is 5.59. The number of sulfonamides is 1. The van der Waals surface area contributed by atoms with Crippen molar-refractivity contribution in [3.8, 4) is 0 Å². The van der Waals surface area contributed by atoms with Crippen molar-refractivity contribution in [1.29, 1.82) is 0 Å². The molecule has 0 bridgehead atoms. The van der Waals surface area contributed by atoms with Crippen LogP contribution in [0.4, 0.5) is 21.9 Å². The second kappa shape index (κ2) is 9.97. The van der Waals surface area contributed by atoms with Crippen LogP contribution in [0.5, 0.6) is 0 Å². The monoisotopic (exact) mass is 578 g/mol. The number of halogens is 2. The molecule has 1 fully saturated rings. The zero-order chi connectivity index (χ0) is 26.3. The number of imide groups is 1. The Morgan fingerprint density at radius 3 is 2.38 bits per heavy atom. The zero-order valence-electron chi connectivity index (χ0n) is 19.1. The van der Waals surface area contributed by atoms with Gasteiger partial charge in [0.1, 0.15) is 8.55 Å². The van der Waals surface area contributed by atoms with Gasteiger partial charge in [-0.15, -0.1) is 11.3 Å². The number of amides is 4. The predicted molar refractivity (Wildman–Crippen MR) is 143 cm³/mol. The Balaban J connectivity index is 1.25. The Hall–Kier alpha value is -3.12. The van der Waals surface area contributed by atoms with Gasteiger partial charge in [-0.1, -0.05) is 23.2 Å². The first-order valence-corrected chi connectivity index (χ1v) is 14.3. The highest BCUT2D eigenvalue weighted by atomic mass is 35.5. The molecule has 5 rings (SSSR count). The number of urea groups is 1. The highest BCUT2D eigenvalue weighted by Gasteiger charge is 2.32. The van der Waals surface area contributed by atoms with E-state index >= 15 is 0 Å². The maximum Gasteiger partial charge on any atom is 0.333 e. The Morgan fingerprint density at radius 2 is 1.73 bits per heavy atom. The third-order valence-electron chi connectivity index (χ3n) is 5.92. The van der Waals surface area contributed by atoms with Crippen LogP contribution in [0, 0.1) is 5.92 Å². The van der Waals surface area contributed by atoms with Crippen molar-refractivity contribution in [2.24, 2.45) is 5.92 Å². The number of thiophene rings is 1. The summed E-state index contributed by atoms with van der Waals surface area (Å²) < 4.78 is 26.5. The van der Waals surface area contributed by atoms with Crippen LogP contribution in [0.25, 0.3) is 0 Å². The van der Waals surface area contributed by atoms with Crippen molar-refractivity contribution < 1.29 is 22.8 Å². The van der Waals surface area contributed by atoms with Crippen molar-refractivity contribution >= 4 is 79.5 Å². The van der Waals surface area contributed by atoms with E-state index in [1.54, 1.807) is 6.07 Å². The SMILES string of the molecule is O=C(Nc1ccc(N2C(=O)Cc3cc(NCC4CC4)ccc3C2=O)cc1)NS(=O)(=O)c1cc(Cl)c(Cl)s1. The molecule has 1 saturated carbocycles. The van der Waals surface area contributed by atoms with Gasteiger partial charge >= 0.3 is 6.03 Å². The summed E-state index contributed by atoms with van der Waals surface area (Å²) in [6, 6.07) is 11.5. The minimum Gasteiger partial charge on any atom is -0.385 e. The molecule has 1 aliphatic carbocycles. The lowest BCUT2D eigenvalue weighted by molar-refractivity contribution is -0.117. The van der Waals surface area contributed by atoms with Gasteiger partial charge < -0.3 is 10.6 Å². The van der Waals surface area contributed by atoms with Gasteiger partial charge in [-0.2, -0.15) is 0 Å². The maximum atomic E-state index is 13.1. The summed E-state index contributed by atoms with van der Waals surface area (Å²) in [5.41, 5.74) is 2.61. The van der Waals surface area contributed by atoms with E-state index in [0.717, 1.165) is 34.5 Å². The van der Waals surface area contributed by atoms with E-state index in [-0.39, 0.29) is 31.6 Å². The van der Waals surface area contributed by atoms with Crippen LogP contribution < -0.4 is 20.3 Å². The number of rotatable bonds is 7. The van der Waals surface area contributed by atoms with E-state index in [9.17, 15) is 22.8 Å². The van der Waals surface area contributed by atoms with Gasteiger partial charge in [0, 0.05) is 23.5 Å². The molecule has 37 heavy (non-hydrogen) atoms. The minimum atomic E-state index is -4.17. The fourth-order valence-corrected chi connectivity index (χ4v) is 6.65. The highest BCUT2D eigenvalue weighted by Crippen LogP contribution is 2.34. The summed E-state index contributed by atoms with van der Waals surface area (Å²) in [7, 11) is -4.17. The molecule has 192 valence electrons. The molecule has 2 aliphatic rings. The van der Waals surface area contributed by atoms with Crippen molar-refractivity contribution in [2.75, 3.05) is 22.1 Å². The standard InChI is InChI=1S/C24H20Cl2N4O5S2/c25-19-11-21(36-22(19)26)37(34,35)29-24(33)28-15-3-6-17(7-4-15)30-20(31)10-14-9-16(27-12-13-1-2-13)5-8-18(14)23(30)32/h3-9,11,13,27H,1-2,10,12H2,(H2,28,29,33). The lowest BCUT2D eigenvalue weighted by atomic mass is 9.97. The molecule has 4 amide bonds. The third-order valence-corrected chi connectivity index (χ3v) is 9.59. The van der Waals surface area contributed by atoms with Gasteiger partial charge in [0.25, 0.3) is 15.9 Å². The quantitative estimate of drug-likeness (QED) is 0.334. The molecule has 0 spiro atoms. The van der Waals surface area contributed by atoms with Crippen molar-refractivity contribution in [1.82, 2.24) is 4.72 Å². The average Bonchev–Trinajstić information content (AvgIpc) is 3.61. The smallest absolute Gasteiger partial charge is 0.333 e. The Labute approximate surface area is 226 Å². The van der Waals surface area contributed by atoms with Gasteiger partial charge in [0.15, 0.2) is 0 Å². The Kier molecular flexibility index (Phi) is 6.88. The first-order chi connectivity index (χ1) is 17.6. The van der Waals surface area contributed by atoms with E-state index in [0.29, 0.717) is 22.7 Å². The molecular weight excluding hydrogens is 559 g/mol. The molecular formula is C24H20Cl2N4O5S2. The first kappa shape index (κ1) is 25.5. The van der Waals surface area contributed by atoms with Crippen LogP contribution >= 0.6 is 34.5 Å². The molecule has 0 saturated heterocycles. The summed E-state index contributed by atoms with van der Waals surface area (Å²) in [6.07, 6.45) is 2.53. The summed E-state index contributed by atoms with van der Waals surface area (Å²) >= 11 is 12.3. The van der Waals surface area contributed by atoms with Crippen LogP contribution in [0.3, 0.4) is 0 Å². The summed E-state index contributed by atoms with van der Waals surface area (Å²) in [5.74, 6) is -0.102. The van der Waals surface area contributed by atoms with Crippen LogP contribution in [0.2, 0.25) is 9.36 Å². The number of anilines is 3. The van der Waals surface area contributed by atoms with E-state index in [1.807, 2.05) is 16.9 Å². The molecule has 0 radical (unpaired) electrons. The van der Waals surface area contributed by atoms with Crippen LogP contribution in [-0.4, -0.2) is 32.8 Å². The lowest BCUT2D eigenvalue weighted by Crippen LogP contribution is -2.42. The predicted octanol–water partition coefficient (Wildman–Crippen LogP) is 5.12. The molecule has 1 aliphatic heterocycles. The number of carbonyl (C=O) groups excluding carboxylic acids is 3. The van der Waals surface area contributed by atoms with Gasteiger partial charge in [-0.05, 0) is 72.9 Å². The van der Waals surface area contributed by atoms with E-state index < -0.39 is 22.0 Å². The molecule has 2 heterocycles. The van der Waals surface area contributed by atoms with Crippen LogP contribution in [0.1, 0.15) is 28.8 Å². The summed E-state index contributed by atoms with van der Waals surface area (Å²) in [5, 5.41) is 5.82. The van der Waals surface area contributed by atoms with Gasteiger partial charge in [0.2, 0.25) is 5.91 Å². The number of carbonyl (C=O) groups is 3. The molecule has 0 unspecified atom stereocenters. The lowest BCUT2D eigenvalue weighted by Gasteiger charge is -2.27. The van der Waals surface area contributed by atoms with E-state index in [1.165, 1.54) is 37.1 Å². The zero-order valence-corrected chi connectivity index (χ0v) is 22.2. The number of benzene rings is 2. The minimum absolute atomic E-state index is 0.0677. The van der Waals surface area contributed by atoms with Crippen molar-refractivity contribution in [3.05, 3.63) is 69.0 Å². The largest absolute Gasteiger partial charge is 0.385 e. The van der Waals surface area contributed by atoms with Gasteiger partial charge in [-0.25, -0.2) is 22.8 Å². The number of hydrogen-bond acceptors (Lipinski definition) is 7. The number of hydrogen-bond donors (Lipinski definition) is 3. The maximum absolute atomic E-state index is 13.1. The topological polar surface area (TPSA) is 125 Å².